The van der Waals surface area contributed by atoms with Crippen molar-refractivity contribution in [3.63, 3.8) is 0 Å². The lowest BCUT2D eigenvalue weighted by atomic mass is 10.0. The smallest absolute Gasteiger partial charge is 0.389 e. The molecule has 0 aliphatic carbocycles. The van der Waals surface area contributed by atoms with Gasteiger partial charge in [0.1, 0.15) is 5.82 Å². The summed E-state index contributed by atoms with van der Waals surface area (Å²) in [5, 5.41) is 17.4. The summed E-state index contributed by atoms with van der Waals surface area (Å²) in [5.41, 5.74) is -0.463. The Kier molecular flexibility index (Phi) is 7.96. The fourth-order valence-electron chi connectivity index (χ4n) is 2.72. The van der Waals surface area contributed by atoms with Gasteiger partial charge in [0.05, 0.1) is 22.2 Å². The van der Waals surface area contributed by atoms with Gasteiger partial charge in [-0.2, -0.15) is 13.2 Å². The lowest BCUT2D eigenvalue weighted by Gasteiger charge is -2.17. The quantitative estimate of drug-likeness (QED) is 0.374. The van der Waals surface area contributed by atoms with E-state index < -0.39 is 29.3 Å². The molecule has 8 nitrogen and oxygen atoms in total. The van der Waals surface area contributed by atoms with Gasteiger partial charge in [-0.25, -0.2) is 14.8 Å². The van der Waals surface area contributed by atoms with Crippen LogP contribution in [0.3, 0.4) is 0 Å². The van der Waals surface area contributed by atoms with E-state index in [9.17, 15) is 27.9 Å². The van der Waals surface area contributed by atoms with Gasteiger partial charge in [-0.15, -0.1) is 0 Å². The highest BCUT2D eigenvalue weighted by Crippen LogP contribution is 2.30. The van der Waals surface area contributed by atoms with Gasteiger partial charge in [0.2, 0.25) is 0 Å². The van der Waals surface area contributed by atoms with Crippen molar-refractivity contribution in [2.24, 2.45) is 0 Å². The topological polar surface area (TPSA) is 116 Å². The van der Waals surface area contributed by atoms with Gasteiger partial charge in [-0.05, 0) is 56.5 Å². The maximum absolute atomic E-state index is 12.9. The molecule has 0 atom stereocenters. The number of rotatable bonds is 5. The number of nitrogens with zero attached hydrogens (tertiary/aromatic N) is 2. The van der Waals surface area contributed by atoms with Crippen LogP contribution in [0.2, 0.25) is 0 Å². The van der Waals surface area contributed by atoms with Gasteiger partial charge in [-0.1, -0.05) is 23.3 Å². The second-order valence-corrected chi connectivity index (χ2v) is 9.34. The van der Waals surface area contributed by atoms with Crippen molar-refractivity contribution in [1.29, 1.82) is 0 Å². The number of aromatic nitrogens is 2. The maximum Gasteiger partial charge on any atom is 0.416 e. The predicted octanol–water partition coefficient (Wildman–Crippen LogP) is 4.41. The normalized spacial score (nSPS) is 11.3. The third kappa shape index (κ3) is 7.79. The van der Waals surface area contributed by atoms with E-state index in [2.05, 4.69) is 37.8 Å². The first-order valence-electron chi connectivity index (χ1n) is 10.5. The molecule has 2 aromatic heterocycles. The number of urea groups is 1. The first kappa shape index (κ1) is 26.7. The van der Waals surface area contributed by atoms with E-state index in [4.69, 9.17) is 0 Å². The van der Waals surface area contributed by atoms with E-state index in [1.165, 1.54) is 18.3 Å². The van der Waals surface area contributed by atoms with E-state index >= 15 is 0 Å². The van der Waals surface area contributed by atoms with Crippen molar-refractivity contribution in [1.82, 2.24) is 15.3 Å². The van der Waals surface area contributed by atoms with Crippen LogP contribution < -0.4 is 16.0 Å². The molecule has 2 heterocycles. The van der Waals surface area contributed by atoms with Crippen molar-refractivity contribution in [3.05, 3.63) is 69.9 Å². The Morgan fingerprint density at radius 3 is 2.53 bits per heavy atom. The Hall–Kier alpha value is -3.95. The van der Waals surface area contributed by atoms with Gasteiger partial charge >= 0.3 is 12.2 Å². The summed E-state index contributed by atoms with van der Waals surface area (Å²) in [6.07, 6.45) is -2.10. The van der Waals surface area contributed by atoms with Crippen molar-refractivity contribution in [2.75, 3.05) is 17.2 Å². The first-order chi connectivity index (χ1) is 16.8. The van der Waals surface area contributed by atoms with Gasteiger partial charge in [-0.3, -0.25) is 10.1 Å². The monoisotopic (exact) mass is 517 g/mol. The molecule has 0 bridgehead atoms. The molecule has 188 valence electrons. The molecule has 0 radical (unpaired) electrons. The molecule has 0 spiro atoms. The fraction of sp³-hybridized carbons (Fsp3) is 0.250. The number of alkyl halides is 3. The van der Waals surface area contributed by atoms with Crippen LogP contribution >= 0.6 is 11.3 Å². The van der Waals surface area contributed by atoms with E-state index in [1.54, 1.807) is 26.8 Å². The molecule has 36 heavy (non-hydrogen) atoms. The number of hydrogen-bond donors (Lipinski definition) is 4. The molecule has 0 fully saturated rings. The summed E-state index contributed by atoms with van der Waals surface area (Å²) in [4.78, 5) is 32.9. The predicted molar refractivity (Wildman–Crippen MR) is 130 cm³/mol. The Bertz CT molecular complexity index is 1340. The standard InChI is InChI=1S/C24H22F3N5O3S/c1-14-4-5-16(20(33)31-19-11-17(8-9-28-19)24(25,26)27)10-15(14)6-7-18-12-29-22(36-18)32-21(34)30-13-23(2,3)35/h4-5,8-12,35H,13H2,1-3H3,(H,28,31,33)(H2,29,30,32,34). The van der Waals surface area contributed by atoms with Crippen molar-refractivity contribution >= 4 is 34.2 Å². The second kappa shape index (κ2) is 10.8. The van der Waals surface area contributed by atoms with Crippen LogP contribution in [0.25, 0.3) is 0 Å². The number of aryl methyl sites for hydroxylation is 1. The van der Waals surface area contributed by atoms with Gasteiger partial charge in [0.15, 0.2) is 5.13 Å². The number of anilines is 2. The number of carbonyl (C=O) groups is 2. The minimum Gasteiger partial charge on any atom is -0.389 e. The number of nitrogens with one attached hydrogen (secondary N) is 3. The second-order valence-electron chi connectivity index (χ2n) is 8.31. The van der Waals surface area contributed by atoms with Crippen LogP contribution in [0.4, 0.5) is 28.9 Å². The van der Waals surface area contributed by atoms with E-state index in [1.807, 2.05) is 0 Å². The summed E-state index contributed by atoms with van der Waals surface area (Å²) in [7, 11) is 0. The third-order valence-electron chi connectivity index (χ3n) is 4.56. The molecule has 0 unspecified atom stereocenters. The Morgan fingerprint density at radius 1 is 1.08 bits per heavy atom. The van der Waals surface area contributed by atoms with Crippen LogP contribution in [0.15, 0.2) is 42.7 Å². The molecule has 3 amide bonds. The highest BCUT2D eigenvalue weighted by Gasteiger charge is 2.30. The largest absolute Gasteiger partial charge is 0.416 e. The Morgan fingerprint density at radius 2 is 1.83 bits per heavy atom. The average molecular weight is 518 g/mol. The fourth-order valence-corrected chi connectivity index (χ4v) is 3.38. The zero-order valence-corrected chi connectivity index (χ0v) is 20.3. The Balaban J connectivity index is 1.69. The summed E-state index contributed by atoms with van der Waals surface area (Å²) in [6.45, 7) is 4.98. The van der Waals surface area contributed by atoms with E-state index in [-0.39, 0.29) is 17.9 Å². The minimum atomic E-state index is -4.55. The zero-order valence-electron chi connectivity index (χ0n) is 19.4. The molecular formula is C24H22F3N5O3S. The highest BCUT2D eigenvalue weighted by molar-refractivity contribution is 7.16. The van der Waals surface area contributed by atoms with Crippen molar-refractivity contribution in [2.45, 2.75) is 32.5 Å². The molecule has 0 aliphatic rings. The molecule has 12 heteroatoms. The first-order valence-corrected chi connectivity index (χ1v) is 11.3. The summed E-state index contributed by atoms with van der Waals surface area (Å²) < 4.78 is 38.7. The molecule has 0 saturated carbocycles. The van der Waals surface area contributed by atoms with E-state index in [0.29, 0.717) is 15.6 Å². The van der Waals surface area contributed by atoms with Gasteiger partial charge in [0, 0.05) is 23.9 Å². The number of pyridine rings is 1. The molecule has 1 aromatic carbocycles. The maximum atomic E-state index is 12.9. The van der Waals surface area contributed by atoms with Crippen LogP contribution in [-0.2, 0) is 6.18 Å². The minimum absolute atomic E-state index is 0.0594. The number of thiazole rings is 1. The third-order valence-corrected chi connectivity index (χ3v) is 5.38. The molecule has 0 aliphatic heterocycles. The highest BCUT2D eigenvalue weighted by atomic mass is 32.1. The molecule has 0 saturated heterocycles. The molecule has 3 aromatic rings. The van der Waals surface area contributed by atoms with Crippen LogP contribution in [0.5, 0.6) is 0 Å². The SMILES string of the molecule is Cc1ccc(C(=O)Nc2cc(C(F)(F)F)ccn2)cc1C#Cc1cnc(NC(=O)NCC(C)(C)O)s1. The number of carbonyl (C=O) groups excluding carboxylic acids is 2. The average Bonchev–Trinajstić information content (AvgIpc) is 3.23. The zero-order chi connectivity index (χ0) is 26.5. The van der Waals surface area contributed by atoms with Gasteiger partial charge < -0.3 is 15.7 Å². The van der Waals surface area contributed by atoms with Crippen LogP contribution in [0, 0.1) is 18.8 Å². The summed E-state index contributed by atoms with van der Waals surface area (Å²) in [5.74, 6) is 5.00. The van der Waals surface area contributed by atoms with Crippen LogP contribution in [0.1, 0.15) is 45.8 Å². The lowest BCUT2D eigenvalue weighted by Crippen LogP contribution is -2.40. The van der Waals surface area contributed by atoms with Crippen molar-refractivity contribution in [3.8, 4) is 11.8 Å². The number of amides is 3. The number of benzene rings is 1. The number of hydrogen-bond acceptors (Lipinski definition) is 6. The van der Waals surface area contributed by atoms with Crippen molar-refractivity contribution < 1.29 is 27.9 Å². The molecule has 4 N–H and O–H groups in total. The summed E-state index contributed by atoms with van der Waals surface area (Å²) in [6, 6.07) is 5.78. The molecular weight excluding hydrogens is 495 g/mol. The number of aliphatic hydroxyl groups is 1. The number of halogens is 3. The van der Waals surface area contributed by atoms with E-state index in [0.717, 1.165) is 35.2 Å². The summed E-state index contributed by atoms with van der Waals surface area (Å²) >= 11 is 1.14. The molecule has 3 rings (SSSR count). The Labute approximate surface area is 209 Å². The van der Waals surface area contributed by atoms with Crippen LogP contribution in [-0.4, -0.2) is 39.2 Å². The lowest BCUT2D eigenvalue weighted by molar-refractivity contribution is -0.137. The van der Waals surface area contributed by atoms with Gasteiger partial charge in [0.25, 0.3) is 5.91 Å².